The van der Waals surface area contributed by atoms with Crippen LogP contribution in [0.1, 0.15) is 79.0 Å². The Balaban J connectivity index is 1.87. The van der Waals surface area contributed by atoms with Gasteiger partial charge in [0.15, 0.2) is 0 Å². The lowest BCUT2D eigenvalue weighted by Gasteiger charge is -2.34. The summed E-state index contributed by atoms with van der Waals surface area (Å²) in [7, 11) is 0. The number of rotatable bonds is 6. The predicted molar refractivity (Wildman–Crippen MR) is 210 cm³/mol. The van der Waals surface area contributed by atoms with E-state index in [0.29, 0.717) is 10.0 Å². The van der Waals surface area contributed by atoms with Crippen LogP contribution in [0, 0.1) is 0 Å². The van der Waals surface area contributed by atoms with Crippen molar-refractivity contribution < 1.29 is 0 Å². The third kappa shape index (κ3) is 7.91. The van der Waals surface area contributed by atoms with Gasteiger partial charge in [0.1, 0.15) is 0 Å². The summed E-state index contributed by atoms with van der Waals surface area (Å²) in [6.07, 6.45) is 0. The molecule has 0 saturated heterocycles. The van der Waals surface area contributed by atoms with Crippen LogP contribution in [0.25, 0.3) is 0 Å². The van der Waals surface area contributed by atoms with Crippen LogP contribution in [0.3, 0.4) is 0 Å². The van der Waals surface area contributed by atoms with Gasteiger partial charge in [0.2, 0.25) is 0 Å². The van der Waals surface area contributed by atoms with E-state index >= 15 is 0 Å². The molecule has 2 nitrogen and oxygen atoms in total. The quantitative estimate of drug-likeness (QED) is 0.172. The lowest BCUT2D eigenvalue weighted by Crippen LogP contribution is -2.19. The highest BCUT2D eigenvalue weighted by molar-refractivity contribution is 9.10. The SMILES string of the molecule is CC(C)(C)c1cccc(N(c2cccc(Cl)c2)c2cc(C(C)(C)C)cc(N(c3cccc(Cl)c3)c3cccc(C(C)(C)C)c3)c2Br)c1. The van der Waals surface area contributed by atoms with E-state index in [2.05, 4.69) is 161 Å². The summed E-state index contributed by atoms with van der Waals surface area (Å²) in [5.41, 5.74) is 9.61. The normalized spacial score (nSPS) is 12.3. The van der Waals surface area contributed by atoms with Crippen molar-refractivity contribution in [3.05, 3.63) is 140 Å². The molecular formula is C42H45BrCl2N2. The first-order chi connectivity index (χ1) is 21.9. The van der Waals surface area contributed by atoms with Crippen molar-refractivity contribution in [2.45, 2.75) is 78.6 Å². The monoisotopic (exact) mass is 726 g/mol. The maximum atomic E-state index is 6.66. The molecular weight excluding hydrogens is 683 g/mol. The molecule has 0 unspecified atom stereocenters. The van der Waals surface area contributed by atoms with Crippen molar-refractivity contribution in [1.29, 1.82) is 0 Å². The van der Waals surface area contributed by atoms with Crippen LogP contribution in [-0.2, 0) is 16.2 Å². The Bertz CT molecular complexity index is 1760. The van der Waals surface area contributed by atoms with Crippen LogP contribution < -0.4 is 9.80 Å². The molecule has 0 bridgehead atoms. The fourth-order valence-corrected chi connectivity index (χ4v) is 6.61. The van der Waals surface area contributed by atoms with Crippen molar-refractivity contribution >= 4 is 73.3 Å². The van der Waals surface area contributed by atoms with E-state index in [4.69, 9.17) is 23.2 Å². The number of hydrogen-bond donors (Lipinski definition) is 0. The van der Waals surface area contributed by atoms with E-state index in [0.717, 1.165) is 38.6 Å². The lowest BCUT2D eigenvalue weighted by atomic mass is 9.85. The van der Waals surface area contributed by atoms with Gasteiger partial charge in [0.05, 0.1) is 15.8 Å². The number of nitrogens with zero attached hydrogens (tertiary/aromatic N) is 2. The molecule has 0 atom stereocenters. The number of benzene rings is 5. The van der Waals surface area contributed by atoms with Crippen LogP contribution in [-0.4, -0.2) is 0 Å². The minimum Gasteiger partial charge on any atom is -0.309 e. The molecule has 0 spiro atoms. The number of hydrogen-bond acceptors (Lipinski definition) is 2. The van der Waals surface area contributed by atoms with Crippen molar-refractivity contribution in [3.63, 3.8) is 0 Å². The summed E-state index contributed by atoms with van der Waals surface area (Å²) >= 11 is 17.5. The molecule has 0 aliphatic carbocycles. The molecule has 0 amide bonds. The van der Waals surface area contributed by atoms with E-state index in [9.17, 15) is 0 Å². The van der Waals surface area contributed by atoms with Gasteiger partial charge in [-0.3, -0.25) is 0 Å². The Morgan fingerprint density at radius 1 is 0.426 bits per heavy atom. The second-order valence-corrected chi connectivity index (χ2v) is 17.0. The minimum absolute atomic E-state index is 0.0207. The van der Waals surface area contributed by atoms with Gasteiger partial charge in [-0.25, -0.2) is 0 Å². The smallest absolute Gasteiger partial charge is 0.0657 e. The van der Waals surface area contributed by atoms with E-state index in [1.54, 1.807) is 0 Å². The zero-order chi connectivity index (χ0) is 34.3. The highest BCUT2D eigenvalue weighted by Crippen LogP contribution is 2.50. The average molecular weight is 729 g/mol. The molecule has 0 heterocycles. The largest absolute Gasteiger partial charge is 0.309 e. The summed E-state index contributed by atoms with van der Waals surface area (Å²) in [5.74, 6) is 0. The number of halogens is 3. The molecule has 47 heavy (non-hydrogen) atoms. The highest BCUT2D eigenvalue weighted by atomic mass is 79.9. The van der Waals surface area contributed by atoms with Gasteiger partial charge in [0.25, 0.3) is 0 Å². The molecule has 0 N–H and O–H groups in total. The fraction of sp³-hybridized carbons (Fsp3) is 0.286. The standard InChI is InChI=1S/C42H45BrCl2N2/c1-40(2,3)28-14-10-18-33(22-28)46(35-20-12-16-31(44)26-35)37-24-30(42(7,8)9)25-38(39(37)43)47(36-21-13-17-32(45)27-36)34-19-11-15-29(23-34)41(4,5)6/h10-27H,1-9H3. The molecule has 0 aliphatic heterocycles. The Hall–Kier alpha value is -3.24. The van der Waals surface area contributed by atoms with Gasteiger partial charge in [-0.05, 0) is 122 Å². The summed E-state index contributed by atoms with van der Waals surface area (Å²) in [5, 5.41) is 1.37. The van der Waals surface area contributed by atoms with Gasteiger partial charge < -0.3 is 9.80 Å². The van der Waals surface area contributed by atoms with Gasteiger partial charge in [-0.15, -0.1) is 0 Å². The van der Waals surface area contributed by atoms with Gasteiger partial charge in [-0.2, -0.15) is 0 Å². The van der Waals surface area contributed by atoms with Crippen LogP contribution in [0.2, 0.25) is 10.0 Å². The van der Waals surface area contributed by atoms with Crippen molar-refractivity contribution in [2.75, 3.05) is 9.80 Å². The van der Waals surface area contributed by atoms with Crippen LogP contribution in [0.5, 0.6) is 0 Å². The molecule has 5 heteroatoms. The molecule has 0 aromatic heterocycles. The Morgan fingerprint density at radius 2 is 0.745 bits per heavy atom. The summed E-state index contributed by atoms with van der Waals surface area (Å²) in [4.78, 5) is 4.62. The Morgan fingerprint density at radius 3 is 1.06 bits per heavy atom. The zero-order valence-corrected chi connectivity index (χ0v) is 32.0. The van der Waals surface area contributed by atoms with Gasteiger partial charge >= 0.3 is 0 Å². The average Bonchev–Trinajstić information content (AvgIpc) is 2.98. The molecule has 244 valence electrons. The Kier molecular flexibility index (Phi) is 9.96. The summed E-state index contributed by atoms with van der Waals surface area (Å²) in [6.45, 7) is 20.3. The molecule has 5 aromatic carbocycles. The lowest BCUT2D eigenvalue weighted by molar-refractivity contribution is 0.590. The topological polar surface area (TPSA) is 6.48 Å². The summed E-state index contributed by atoms with van der Waals surface area (Å²) in [6, 6.07) is 38.4. The first kappa shape index (κ1) is 35.1. The van der Waals surface area contributed by atoms with Crippen molar-refractivity contribution in [2.24, 2.45) is 0 Å². The van der Waals surface area contributed by atoms with Crippen LogP contribution in [0.4, 0.5) is 34.1 Å². The first-order valence-corrected chi connectivity index (χ1v) is 17.6. The van der Waals surface area contributed by atoms with Crippen molar-refractivity contribution in [3.8, 4) is 0 Å². The van der Waals surface area contributed by atoms with E-state index in [1.807, 2.05) is 36.4 Å². The van der Waals surface area contributed by atoms with E-state index < -0.39 is 0 Å². The Labute approximate surface area is 300 Å². The van der Waals surface area contributed by atoms with Crippen LogP contribution in [0.15, 0.2) is 114 Å². The second-order valence-electron chi connectivity index (χ2n) is 15.3. The number of anilines is 6. The third-order valence-corrected chi connectivity index (χ3v) is 9.74. The third-order valence-electron chi connectivity index (χ3n) is 8.46. The maximum Gasteiger partial charge on any atom is 0.0657 e. The molecule has 0 radical (unpaired) electrons. The molecule has 0 fully saturated rings. The van der Waals surface area contributed by atoms with Gasteiger partial charge in [-0.1, -0.05) is 122 Å². The highest BCUT2D eigenvalue weighted by Gasteiger charge is 2.28. The van der Waals surface area contributed by atoms with E-state index in [-0.39, 0.29) is 16.2 Å². The maximum absolute atomic E-state index is 6.66. The molecule has 0 aliphatic rings. The summed E-state index contributed by atoms with van der Waals surface area (Å²) < 4.78 is 0.952. The van der Waals surface area contributed by atoms with Gasteiger partial charge in [0, 0.05) is 32.8 Å². The van der Waals surface area contributed by atoms with Crippen LogP contribution >= 0.6 is 39.1 Å². The van der Waals surface area contributed by atoms with E-state index in [1.165, 1.54) is 16.7 Å². The molecule has 5 aromatic rings. The van der Waals surface area contributed by atoms with Crippen molar-refractivity contribution in [1.82, 2.24) is 0 Å². The second kappa shape index (κ2) is 13.3. The first-order valence-electron chi connectivity index (χ1n) is 16.1. The predicted octanol–water partition coefficient (Wildman–Crippen LogP) is 14.6. The molecule has 5 rings (SSSR count). The fourth-order valence-electron chi connectivity index (χ4n) is 5.66. The molecule has 0 saturated carbocycles. The zero-order valence-electron chi connectivity index (χ0n) is 28.9. The minimum atomic E-state index is -0.148.